The van der Waals surface area contributed by atoms with Crippen molar-refractivity contribution in [3.63, 3.8) is 0 Å². The molecular formula is C35H46N2O17. The number of hydrogen-bond donors (Lipinski definition) is 3. The predicted octanol–water partition coefficient (Wildman–Crippen LogP) is 0.325. The third-order valence-electron chi connectivity index (χ3n) is 7.71. The minimum atomic E-state index is -2.65. The van der Waals surface area contributed by atoms with Gasteiger partial charge in [-0.25, -0.2) is 14.4 Å². The summed E-state index contributed by atoms with van der Waals surface area (Å²) in [6.45, 7) is 7.31. The van der Waals surface area contributed by atoms with Crippen LogP contribution in [0.1, 0.15) is 53.0 Å². The van der Waals surface area contributed by atoms with Crippen LogP contribution in [0.2, 0.25) is 0 Å². The van der Waals surface area contributed by atoms with Crippen LogP contribution in [0.4, 0.5) is 4.79 Å². The van der Waals surface area contributed by atoms with Crippen LogP contribution < -0.4 is 10.6 Å². The Morgan fingerprint density at radius 1 is 0.926 bits per heavy atom. The molecule has 1 aliphatic heterocycles. The molecule has 1 heterocycles. The van der Waals surface area contributed by atoms with Crippen molar-refractivity contribution in [2.24, 2.45) is 0 Å². The van der Waals surface area contributed by atoms with Crippen molar-refractivity contribution in [2.45, 2.75) is 102 Å². The maximum absolute atomic E-state index is 13.8. The van der Waals surface area contributed by atoms with Crippen LogP contribution in [-0.4, -0.2) is 121 Å². The number of benzene rings is 1. The van der Waals surface area contributed by atoms with Crippen LogP contribution in [-0.2, 0) is 78.1 Å². The summed E-state index contributed by atoms with van der Waals surface area (Å²) in [5.74, 6) is -6.86. The van der Waals surface area contributed by atoms with Crippen LogP contribution in [0.5, 0.6) is 0 Å². The van der Waals surface area contributed by atoms with Crippen LogP contribution in [0, 0.1) is 0 Å². The van der Waals surface area contributed by atoms with Gasteiger partial charge in [-0.05, 0) is 5.56 Å². The highest BCUT2D eigenvalue weighted by molar-refractivity contribution is 5.83. The Morgan fingerprint density at radius 2 is 1.57 bits per heavy atom. The molecule has 19 heteroatoms. The van der Waals surface area contributed by atoms with Crippen LogP contribution >= 0.6 is 0 Å². The molecular weight excluding hydrogens is 720 g/mol. The summed E-state index contributed by atoms with van der Waals surface area (Å²) in [6.07, 6.45) is -10.6. The molecule has 1 saturated heterocycles. The number of nitrogens with one attached hydrogen (secondary N) is 2. The Hall–Kier alpha value is -5.56. The molecule has 0 bridgehead atoms. The Labute approximate surface area is 310 Å². The molecule has 298 valence electrons. The summed E-state index contributed by atoms with van der Waals surface area (Å²) in [4.78, 5) is 101. The number of methoxy groups -OCH3 is 1. The number of carbonyl (C=O) groups excluding carboxylic acids is 8. The van der Waals surface area contributed by atoms with Crippen LogP contribution in [0.25, 0.3) is 0 Å². The van der Waals surface area contributed by atoms with Gasteiger partial charge in [0.25, 0.3) is 0 Å². The van der Waals surface area contributed by atoms with Crippen LogP contribution in [0.15, 0.2) is 43.0 Å². The average molecular weight is 767 g/mol. The normalized spacial score (nSPS) is 21.3. The lowest BCUT2D eigenvalue weighted by Gasteiger charge is -2.50. The molecule has 54 heavy (non-hydrogen) atoms. The van der Waals surface area contributed by atoms with Gasteiger partial charge in [0.1, 0.15) is 38.1 Å². The zero-order valence-electron chi connectivity index (χ0n) is 30.7. The Balaban J connectivity index is 2.73. The van der Waals surface area contributed by atoms with Gasteiger partial charge < -0.3 is 53.6 Å². The molecule has 19 nitrogen and oxygen atoms in total. The summed E-state index contributed by atoms with van der Waals surface area (Å²) in [6, 6.07) is 5.30. The third kappa shape index (κ3) is 13.4. The number of aliphatic hydroxyl groups excluding tert-OH is 1. The zero-order chi connectivity index (χ0) is 40.6. The Bertz CT molecular complexity index is 1520. The second kappa shape index (κ2) is 21.2. The number of ether oxygens (including phenoxy) is 8. The molecule has 2 amide bonds. The molecule has 1 aliphatic rings. The first kappa shape index (κ1) is 44.6. The van der Waals surface area contributed by atoms with E-state index in [9.17, 15) is 43.5 Å². The van der Waals surface area contributed by atoms with Gasteiger partial charge in [0.2, 0.25) is 5.91 Å². The third-order valence-corrected chi connectivity index (χ3v) is 7.71. The maximum Gasteiger partial charge on any atom is 0.408 e. The minimum Gasteiger partial charge on any atom is -0.467 e. The highest BCUT2D eigenvalue weighted by atomic mass is 16.6. The zero-order valence-corrected chi connectivity index (χ0v) is 30.7. The van der Waals surface area contributed by atoms with Gasteiger partial charge in [0.05, 0.1) is 19.3 Å². The van der Waals surface area contributed by atoms with Gasteiger partial charge in [-0.1, -0.05) is 43.0 Å². The molecule has 0 aromatic heterocycles. The summed E-state index contributed by atoms with van der Waals surface area (Å²) >= 11 is 0. The van der Waals surface area contributed by atoms with Gasteiger partial charge in [-0.2, -0.15) is 0 Å². The molecule has 1 unspecified atom stereocenters. The first-order valence-electron chi connectivity index (χ1n) is 16.5. The average Bonchev–Trinajstić information content (AvgIpc) is 3.10. The number of esters is 6. The van der Waals surface area contributed by atoms with Gasteiger partial charge in [-0.3, -0.25) is 24.0 Å². The van der Waals surface area contributed by atoms with E-state index in [0.29, 0.717) is 5.56 Å². The Kier molecular flexibility index (Phi) is 17.5. The van der Waals surface area contributed by atoms with Crippen molar-refractivity contribution in [3.05, 3.63) is 48.6 Å². The molecule has 1 aromatic carbocycles. The summed E-state index contributed by atoms with van der Waals surface area (Å²) in [7, 11) is 0.927. The predicted molar refractivity (Wildman–Crippen MR) is 180 cm³/mol. The number of carbonyl (C=O) groups is 8. The lowest BCUT2D eigenvalue weighted by atomic mass is 9.78. The smallest absolute Gasteiger partial charge is 0.408 e. The maximum atomic E-state index is 13.8. The van der Waals surface area contributed by atoms with Crippen molar-refractivity contribution >= 4 is 47.8 Å². The van der Waals surface area contributed by atoms with E-state index in [4.69, 9.17) is 37.9 Å². The topological polar surface area (TPSA) is 255 Å². The van der Waals surface area contributed by atoms with Gasteiger partial charge in [0, 0.05) is 47.5 Å². The molecule has 1 fully saturated rings. The number of alkyl carbamates (subject to hydrolysis) is 1. The summed E-state index contributed by atoms with van der Waals surface area (Å²) < 4.78 is 43.0. The fourth-order valence-electron chi connectivity index (χ4n) is 5.60. The van der Waals surface area contributed by atoms with E-state index in [0.717, 1.165) is 41.7 Å². The highest BCUT2D eigenvalue weighted by Crippen LogP contribution is 2.39. The molecule has 0 radical (unpaired) electrons. The Morgan fingerprint density at radius 3 is 2.11 bits per heavy atom. The monoisotopic (exact) mass is 766 g/mol. The van der Waals surface area contributed by atoms with E-state index in [1.807, 2.05) is 0 Å². The lowest BCUT2D eigenvalue weighted by Crippen LogP contribution is -2.71. The van der Waals surface area contributed by atoms with E-state index in [1.54, 1.807) is 30.3 Å². The number of rotatable bonds is 18. The molecule has 1 aromatic rings. The lowest BCUT2D eigenvalue weighted by molar-refractivity contribution is -0.261. The number of amides is 2. The molecule has 0 aliphatic carbocycles. The van der Waals surface area contributed by atoms with E-state index in [-0.39, 0.29) is 13.2 Å². The minimum absolute atomic E-state index is 0.205. The number of hydrogen-bond acceptors (Lipinski definition) is 17. The molecule has 3 N–H and O–H groups in total. The largest absolute Gasteiger partial charge is 0.467 e. The van der Waals surface area contributed by atoms with Crippen molar-refractivity contribution in [1.29, 1.82) is 0 Å². The van der Waals surface area contributed by atoms with Crippen molar-refractivity contribution in [1.82, 2.24) is 10.6 Å². The first-order valence-corrected chi connectivity index (χ1v) is 16.5. The quantitative estimate of drug-likeness (QED) is 0.103. The molecule has 0 saturated carbocycles. The summed E-state index contributed by atoms with van der Waals surface area (Å²) in [5, 5.41) is 16.7. The molecule has 8 atom stereocenters. The fraction of sp³-hybridized carbons (Fsp3) is 0.543. The van der Waals surface area contributed by atoms with Gasteiger partial charge in [-0.15, -0.1) is 0 Å². The SMILES string of the molecule is C=CCOC(=O)[C@H](CC(O)[C@]1(C(=O)OC)C[C@H](OC(C)=O)[C@@H](NC(C)=O)[C@H]([C@H](OC(C)=O)[C@H](COC(C)=O)OC(C)=O)O1)NC(=O)OCc1ccccc1. The second-order valence-corrected chi connectivity index (χ2v) is 12.0. The highest BCUT2D eigenvalue weighted by Gasteiger charge is 2.61. The summed E-state index contributed by atoms with van der Waals surface area (Å²) in [5.41, 5.74) is -2.04. The standard InChI is InChI=1S/C35H46N2O17/c1-8-14-48-32(44)25(37-34(46)50-17-24-12-10-9-11-13-24)15-28(43)35(33(45)47-7)16-26(51-21(4)40)29(36-19(2)38)31(54-35)30(53-23(6)42)27(52-22(5)41)18-49-20(3)39/h8-13,25-31,43H,1,14-18H2,2-7H3,(H,36,38)(H,37,46)/t25-,26-,27-,28?,29+,30+,31+,35-/m0/s1. The van der Waals surface area contributed by atoms with Crippen molar-refractivity contribution in [3.8, 4) is 0 Å². The first-order chi connectivity index (χ1) is 25.4. The van der Waals surface area contributed by atoms with E-state index in [1.165, 1.54) is 6.08 Å². The van der Waals surface area contributed by atoms with E-state index < -0.39 is 115 Å². The van der Waals surface area contributed by atoms with E-state index >= 15 is 0 Å². The van der Waals surface area contributed by atoms with Crippen molar-refractivity contribution in [2.75, 3.05) is 20.3 Å². The second-order valence-electron chi connectivity index (χ2n) is 12.0. The number of aliphatic hydroxyl groups is 1. The molecule has 2 rings (SSSR count). The van der Waals surface area contributed by atoms with Crippen LogP contribution in [0.3, 0.4) is 0 Å². The van der Waals surface area contributed by atoms with Crippen molar-refractivity contribution < 1.29 is 81.4 Å². The fourth-order valence-corrected chi connectivity index (χ4v) is 5.60. The molecule has 0 spiro atoms. The van der Waals surface area contributed by atoms with Gasteiger partial charge >= 0.3 is 41.9 Å². The van der Waals surface area contributed by atoms with E-state index in [2.05, 4.69) is 17.2 Å². The van der Waals surface area contributed by atoms with Gasteiger partial charge in [0.15, 0.2) is 17.8 Å².